The van der Waals surface area contributed by atoms with E-state index in [2.05, 4.69) is 9.71 Å². The highest BCUT2D eigenvalue weighted by Crippen LogP contribution is 2.30. The molecule has 0 saturated heterocycles. The van der Waals surface area contributed by atoms with Crippen LogP contribution in [0.15, 0.2) is 54.6 Å². The number of carbonyl (C=O) groups is 1. The summed E-state index contributed by atoms with van der Waals surface area (Å²) in [7, 11) is -3.50. The number of hydrogen-bond acceptors (Lipinski definition) is 5. The lowest BCUT2D eigenvalue weighted by atomic mass is 10.0. The van der Waals surface area contributed by atoms with E-state index in [0.29, 0.717) is 27.8 Å². The molecular weight excluding hydrogens is 352 g/mol. The van der Waals surface area contributed by atoms with Gasteiger partial charge in [0.1, 0.15) is 0 Å². The number of fused-ring (bicyclic) bond motifs is 1. The van der Waals surface area contributed by atoms with Crippen molar-refractivity contribution in [2.24, 2.45) is 0 Å². The number of hydrogen-bond donors (Lipinski definition) is 1. The summed E-state index contributed by atoms with van der Waals surface area (Å²) in [6.45, 7) is 1.97. The maximum absolute atomic E-state index is 12.5. The second-order valence-corrected chi connectivity index (χ2v) is 7.47. The Morgan fingerprint density at radius 2 is 1.85 bits per heavy atom. The molecule has 0 bridgehead atoms. The van der Waals surface area contributed by atoms with Crippen molar-refractivity contribution < 1.29 is 17.9 Å². The van der Waals surface area contributed by atoms with E-state index in [1.54, 1.807) is 31.2 Å². The van der Waals surface area contributed by atoms with Gasteiger partial charge in [0.2, 0.25) is 10.0 Å². The Labute approximate surface area is 151 Å². The van der Waals surface area contributed by atoms with Crippen LogP contribution in [0, 0.1) is 0 Å². The summed E-state index contributed by atoms with van der Waals surface area (Å²) in [4.78, 5) is 17.0. The van der Waals surface area contributed by atoms with Gasteiger partial charge < -0.3 is 4.74 Å². The van der Waals surface area contributed by atoms with Crippen LogP contribution < -0.4 is 4.72 Å². The number of carbonyl (C=O) groups excluding carboxylic acids is 1. The largest absolute Gasteiger partial charge is 0.462 e. The zero-order valence-electron chi connectivity index (χ0n) is 14.4. The SMILES string of the molecule is CCOC(=O)c1cc(-c2ccccc2)nc2c(NS(C)(=O)=O)cccc12. The van der Waals surface area contributed by atoms with Crippen molar-refractivity contribution in [2.45, 2.75) is 6.92 Å². The zero-order valence-corrected chi connectivity index (χ0v) is 15.2. The average Bonchev–Trinajstić information content (AvgIpc) is 2.61. The van der Waals surface area contributed by atoms with Crippen molar-refractivity contribution in [2.75, 3.05) is 17.6 Å². The van der Waals surface area contributed by atoms with Crippen LogP contribution in [-0.2, 0) is 14.8 Å². The minimum atomic E-state index is -3.50. The Morgan fingerprint density at radius 1 is 1.12 bits per heavy atom. The van der Waals surface area contributed by atoms with Crippen LogP contribution in [0.25, 0.3) is 22.2 Å². The molecule has 1 heterocycles. The van der Waals surface area contributed by atoms with Crippen molar-refractivity contribution in [1.29, 1.82) is 0 Å². The molecule has 0 unspecified atom stereocenters. The lowest BCUT2D eigenvalue weighted by molar-refractivity contribution is 0.0528. The Morgan fingerprint density at radius 3 is 2.50 bits per heavy atom. The molecule has 26 heavy (non-hydrogen) atoms. The van der Waals surface area contributed by atoms with Gasteiger partial charge >= 0.3 is 5.97 Å². The number of ether oxygens (including phenoxy) is 1. The first-order valence-electron chi connectivity index (χ1n) is 8.03. The number of esters is 1. The van der Waals surface area contributed by atoms with E-state index in [1.165, 1.54) is 0 Å². The summed E-state index contributed by atoms with van der Waals surface area (Å²) >= 11 is 0. The van der Waals surface area contributed by atoms with E-state index in [-0.39, 0.29) is 6.61 Å². The van der Waals surface area contributed by atoms with Gasteiger partial charge in [-0.15, -0.1) is 0 Å². The third kappa shape index (κ3) is 3.83. The fourth-order valence-electron chi connectivity index (χ4n) is 2.67. The number of nitrogens with zero attached hydrogens (tertiary/aromatic N) is 1. The predicted octanol–water partition coefficient (Wildman–Crippen LogP) is 3.45. The number of nitrogens with one attached hydrogen (secondary N) is 1. The van der Waals surface area contributed by atoms with Crippen LogP contribution in [0.5, 0.6) is 0 Å². The molecule has 0 aliphatic rings. The molecule has 1 N–H and O–H groups in total. The van der Waals surface area contributed by atoms with Gasteiger partial charge in [-0.3, -0.25) is 4.72 Å². The molecule has 0 aliphatic heterocycles. The summed E-state index contributed by atoms with van der Waals surface area (Å²) in [5, 5.41) is 0.525. The number of para-hydroxylation sites is 1. The lowest BCUT2D eigenvalue weighted by Gasteiger charge is -2.13. The van der Waals surface area contributed by atoms with Gasteiger partial charge in [0, 0.05) is 10.9 Å². The number of aromatic nitrogens is 1. The maximum atomic E-state index is 12.5. The molecule has 3 aromatic rings. The van der Waals surface area contributed by atoms with E-state index in [4.69, 9.17) is 4.74 Å². The highest BCUT2D eigenvalue weighted by molar-refractivity contribution is 7.92. The molecule has 6 nitrogen and oxygen atoms in total. The number of benzene rings is 2. The predicted molar refractivity (Wildman–Crippen MR) is 102 cm³/mol. The summed E-state index contributed by atoms with van der Waals surface area (Å²) in [5.74, 6) is -0.478. The number of rotatable bonds is 5. The second-order valence-electron chi connectivity index (χ2n) is 5.72. The highest BCUT2D eigenvalue weighted by atomic mass is 32.2. The number of pyridine rings is 1. The summed E-state index contributed by atoms with van der Waals surface area (Å²) in [5.41, 5.74) is 2.42. The third-order valence-electron chi connectivity index (χ3n) is 3.70. The molecule has 0 fully saturated rings. The molecule has 0 aliphatic carbocycles. The quantitative estimate of drug-likeness (QED) is 0.695. The van der Waals surface area contributed by atoms with Crippen molar-refractivity contribution >= 4 is 32.6 Å². The van der Waals surface area contributed by atoms with Crippen LogP contribution >= 0.6 is 0 Å². The summed E-state index contributed by atoms with van der Waals surface area (Å²) < 4.78 is 31.0. The lowest BCUT2D eigenvalue weighted by Crippen LogP contribution is -2.11. The number of anilines is 1. The summed E-state index contributed by atoms with van der Waals surface area (Å²) in [6.07, 6.45) is 1.07. The van der Waals surface area contributed by atoms with E-state index < -0.39 is 16.0 Å². The molecule has 134 valence electrons. The van der Waals surface area contributed by atoms with Crippen molar-refractivity contribution in [3.63, 3.8) is 0 Å². The Balaban J connectivity index is 2.30. The second kappa shape index (κ2) is 7.13. The monoisotopic (exact) mass is 370 g/mol. The van der Waals surface area contributed by atoms with Gasteiger partial charge in [0.25, 0.3) is 0 Å². The molecule has 2 aromatic carbocycles. The third-order valence-corrected chi connectivity index (χ3v) is 4.29. The van der Waals surface area contributed by atoms with Gasteiger partial charge in [-0.25, -0.2) is 18.2 Å². The Hall–Kier alpha value is -2.93. The first-order chi connectivity index (χ1) is 12.4. The zero-order chi connectivity index (χ0) is 18.7. The van der Waals surface area contributed by atoms with Crippen LogP contribution in [0.3, 0.4) is 0 Å². The first-order valence-corrected chi connectivity index (χ1v) is 9.92. The molecule has 3 rings (SSSR count). The minimum absolute atomic E-state index is 0.241. The van der Waals surface area contributed by atoms with E-state index in [0.717, 1.165) is 11.8 Å². The molecule has 0 radical (unpaired) electrons. The van der Waals surface area contributed by atoms with Crippen LogP contribution in [0.2, 0.25) is 0 Å². The molecule has 1 aromatic heterocycles. The van der Waals surface area contributed by atoms with Crippen LogP contribution in [0.4, 0.5) is 5.69 Å². The molecule has 0 saturated carbocycles. The van der Waals surface area contributed by atoms with Crippen LogP contribution in [-0.4, -0.2) is 32.2 Å². The summed E-state index contributed by atoms with van der Waals surface area (Å²) in [6, 6.07) is 16.0. The van der Waals surface area contributed by atoms with Gasteiger partial charge in [0.05, 0.1) is 35.3 Å². The van der Waals surface area contributed by atoms with Gasteiger partial charge in [-0.05, 0) is 19.1 Å². The molecular formula is C19H18N2O4S. The minimum Gasteiger partial charge on any atom is -0.462 e. The topological polar surface area (TPSA) is 85.4 Å². The fraction of sp³-hybridized carbons (Fsp3) is 0.158. The van der Waals surface area contributed by atoms with Gasteiger partial charge in [-0.1, -0.05) is 42.5 Å². The van der Waals surface area contributed by atoms with Gasteiger partial charge in [-0.2, -0.15) is 0 Å². The standard InChI is InChI=1S/C19H18N2O4S/c1-3-25-19(22)15-12-17(13-8-5-4-6-9-13)20-18-14(15)10-7-11-16(18)21-26(2,23)24/h4-12,21H,3H2,1-2H3. The first kappa shape index (κ1) is 17.9. The smallest absolute Gasteiger partial charge is 0.338 e. The molecule has 0 spiro atoms. The average molecular weight is 370 g/mol. The normalized spacial score (nSPS) is 11.3. The van der Waals surface area contributed by atoms with Crippen LogP contribution in [0.1, 0.15) is 17.3 Å². The highest BCUT2D eigenvalue weighted by Gasteiger charge is 2.17. The van der Waals surface area contributed by atoms with E-state index >= 15 is 0 Å². The molecule has 0 amide bonds. The Kier molecular flexibility index (Phi) is 4.90. The maximum Gasteiger partial charge on any atom is 0.338 e. The van der Waals surface area contributed by atoms with Crippen molar-refractivity contribution in [3.05, 3.63) is 60.2 Å². The van der Waals surface area contributed by atoms with Crippen molar-refractivity contribution in [1.82, 2.24) is 4.98 Å². The number of sulfonamides is 1. The molecule has 7 heteroatoms. The fourth-order valence-corrected chi connectivity index (χ4v) is 3.23. The van der Waals surface area contributed by atoms with Crippen molar-refractivity contribution in [3.8, 4) is 11.3 Å². The molecule has 0 atom stereocenters. The van der Waals surface area contributed by atoms with E-state index in [9.17, 15) is 13.2 Å². The van der Waals surface area contributed by atoms with Gasteiger partial charge in [0.15, 0.2) is 0 Å². The van der Waals surface area contributed by atoms with E-state index in [1.807, 2.05) is 30.3 Å². The Bertz CT molecular complexity index is 1060.